The van der Waals surface area contributed by atoms with Crippen LogP contribution in [-0.2, 0) is 23.7 Å². The van der Waals surface area contributed by atoms with Gasteiger partial charge in [0.1, 0.15) is 11.5 Å². The number of hydrogen-bond acceptors (Lipinski definition) is 4. The molecule has 0 spiro atoms. The molecule has 200 valence electrons. The number of aromatic carboxylic acids is 2. The highest BCUT2D eigenvalue weighted by atomic mass is 16.5. The molecule has 0 fully saturated rings. The third-order valence-electron chi connectivity index (χ3n) is 7.33. The van der Waals surface area contributed by atoms with Crippen molar-refractivity contribution in [2.75, 3.05) is 14.2 Å². The van der Waals surface area contributed by atoms with Crippen molar-refractivity contribution in [2.24, 2.45) is 0 Å². The van der Waals surface area contributed by atoms with Crippen LogP contribution < -0.4 is 9.47 Å². The first kappa shape index (κ1) is 27.2. The van der Waals surface area contributed by atoms with Crippen molar-refractivity contribution in [3.05, 3.63) is 69.8 Å². The minimum absolute atomic E-state index is 0.178. The molecule has 6 nitrogen and oxygen atoms in total. The zero-order chi connectivity index (χ0) is 28.2. The predicted octanol–water partition coefficient (Wildman–Crippen LogP) is 7.13. The molecule has 38 heavy (non-hydrogen) atoms. The van der Waals surface area contributed by atoms with Crippen molar-refractivity contribution in [3.63, 3.8) is 0 Å². The second kappa shape index (κ2) is 9.50. The summed E-state index contributed by atoms with van der Waals surface area (Å²) in [5, 5.41) is 20.0. The van der Waals surface area contributed by atoms with Gasteiger partial charge in [-0.1, -0.05) is 53.7 Å². The number of methoxy groups -OCH3 is 2. The molecule has 0 unspecified atom stereocenters. The highest BCUT2D eigenvalue weighted by Crippen LogP contribution is 2.48. The van der Waals surface area contributed by atoms with Gasteiger partial charge in [-0.25, -0.2) is 9.59 Å². The van der Waals surface area contributed by atoms with Crippen LogP contribution >= 0.6 is 0 Å². The van der Waals surface area contributed by atoms with Gasteiger partial charge < -0.3 is 19.7 Å². The van der Waals surface area contributed by atoms with E-state index in [9.17, 15) is 19.8 Å². The highest BCUT2D eigenvalue weighted by molar-refractivity contribution is 6.06. The van der Waals surface area contributed by atoms with Gasteiger partial charge in [-0.3, -0.25) is 0 Å². The number of rotatable bonds is 4. The molecule has 0 aliphatic heterocycles. The second-order valence-electron chi connectivity index (χ2n) is 12.0. The smallest absolute Gasteiger partial charge is 0.336 e. The van der Waals surface area contributed by atoms with Gasteiger partial charge in [0.15, 0.2) is 0 Å². The highest BCUT2D eigenvalue weighted by Gasteiger charge is 2.29. The van der Waals surface area contributed by atoms with Crippen LogP contribution in [0, 0.1) is 0 Å². The molecule has 0 aromatic heterocycles. The van der Waals surface area contributed by atoms with Crippen LogP contribution in [0.4, 0.5) is 0 Å². The average Bonchev–Trinajstić information content (AvgIpc) is 2.83. The Kier molecular flexibility index (Phi) is 6.81. The Morgan fingerprint density at radius 2 is 0.947 bits per heavy atom. The van der Waals surface area contributed by atoms with E-state index in [0.29, 0.717) is 35.5 Å². The van der Waals surface area contributed by atoms with Gasteiger partial charge in [0.2, 0.25) is 0 Å². The summed E-state index contributed by atoms with van der Waals surface area (Å²) in [6.07, 6.45) is 1.38. The minimum atomic E-state index is -1.30. The maximum Gasteiger partial charge on any atom is 0.336 e. The van der Waals surface area contributed by atoms with Gasteiger partial charge in [0.05, 0.1) is 25.3 Å². The zero-order valence-electron chi connectivity index (χ0n) is 23.4. The van der Waals surface area contributed by atoms with Crippen LogP contribution in [0.1, 0.15) is 84.5 Å². The molecule has 2 N–H and O–H groups in total. The summed E-state index contributed by atoms with van der Waals surface area (Å²) >= 11 is 0. The molecule has 3 aromatic carbocycles. The topological polar surface area (TPSA) is 93.1 Å². The first-order valence-electron chi connectivity index (χ1n) is 12.8. The van der Waals surface area contributed by atoms with E-state index >= 15 is 0 Å². The van der Waals surface area contributed by atoms with Gasteiger partial charge >= 0.3 is 11.9 Å². The molecule has 0 saturated heterocycles. The molecule has 4 bridgehead atoms. The Labute approximate surface area is 224 Å². The normalized spacial score (nSPS) is 12.9. The van der Waals surface area contributed by atoms with Crippen LogP contribution in [0.5, 0.6) is 11.5 Å². The molecule has 4 rings (SSSR count). The monoisotopic (exact) mass is 516 g/mol. The van der Waals surface area contributed by atoms with E-state index in [4.69, 9.17) is 9.47 Å². The van der Waals surface area contributed by atoms with Crippen molar-refractivity contribution in [1.82, 2.24) is 0 Å². The summed E-state index contributed by atoms with van der Waals surface area (Å²) in [7, 11) is 3.23. The molecule has 0 amide bonds. The molecular weight excluding hydrogens is 480 g/mol. The lowest BCUT2D eigenvalue weighted by atomic mass is 9.78. The summed E-state index contributed by atoms with van der Waals surface area (Å²) in [5.74, 6) is -1.27. The first-order valence-corrected chi connectivity index (χ1v) is 12.8. The second-order valence-corrected chi connectivity index (χ2v) is 12.0. The van der Waals surface area contributed by atoms with E-state index in [1.807, 2.05) is 12.1 Å². The molecule has 0 heterocycles. The lowest BCUT2D eigenvalue weighted by Crippen LogP contribution is -2.15. The van der Waals surface area contributed by atoms with Gasteiger partial charge in [-0.15, -0.1) is 0 Å². The Balaban J connectivity index is 2.28. The summed E-state index contributed by atoms with van der Waals surface area (Å²) < 4.78 is 11.9. The van der Waals surface area contributed by atoms with Gasteiger partial charge in [-0.2, -0.15) is 0 Å². The fourth-order valence-electron chi connectivity index (χ4n) is 5.17. The molecule has 0 saturated carbocycles. The zero-order valence-corrected chi connectivity index (χ0v) is 23.4. The number of hydrogen-bond donors (Lipinski definition) is 2. The van der Waals surface area contributed by atoms with Crippen molar-refractivity contribution >= 4 is 11.9 Å². The third kappa shape index (κ3) is 4.75. The van der Waals surface area contributed by atoms with Gasteiger partial charge in [0, 0.05) is 11.1 Å². The molecule has 1 aliphatic rings. The van der Waals surface area contributed by atoms with E-state index in [-0.39, 0.29) is 22.0 Å². The molecule has 0 atom stereocenters. The van der Waals surface area contributed by atoms with Crippen LogP contribution in [0.2, 0.25) is 0 Å². The number of aryl methyl sites for hydroxylation is 2. The fraction of sp³-hybridized carbons (Fsp3) is 0.375. The molecule has 1 aliphatic carbocycles. The van der Waals surface area contributed by atoms with Crippen LogP contribution in [-0.4, -0.2) is 36.4 Å². The van der Waals surface area contributed by atoms with Crippen molar-refractivity contribution in [1.29, 1.82) is 0 Å². The minimum Gasteiger partial charge on any atom is -0.496 e. The number of carboxylic acids is 2. The van der Waals surface area contributed by atoms with Crippen LogP contribution in [0.15, 0.2) is 36.4 Å². The first-order chi connectivity index (χ1) is 17.7. The van der Waals surface area contributed by atoms with Gasteiger partial charge in [-0.05, 0) is 81.3 Å². The van der Waals surface area contributed by atoms with Crippen LogP contribution in [0.3, 0.4) is 0 Å². The third-order valence-corrected chi connectivity index (χ3v) is 7.33. The Hall–Kier alpha value is -3.80. The Bertz CT molecular complexity index is 1340. The maximum absolute atomic E-state index is 12.3. The standard InChI is InChI=1S/C32H36O6/c1-31(2,3)19-11-17-9-10-18-12-20(32(4,5)6)14-24(28(18)38-8)22-16-26(30(35)36)25(29(33)34)15-21(22)23(13-19)27(17)37-7/h11-16H,9-10H2,1-8H3,(H,33,34)(H,35,36). The molecular formula is C32H36O6. The Morgan fingerprint density at radius 3 is 1.21 bits per heavy atom. The van der Waals surface area contributed by atoms with Crippen molar-refractivity contribution < 1.29 is 29.3 Å². The quantitative estimate of drug-likeness (QED) is 0.383. The van der Waals surface area contributed by atoms with Crippen molar-refractivity contribution in [2.45, 2.75) is 65.2 Å². The summed E-state index contributed by atoms with van der Waals surface area (Å²) in [4.78, 5) is 24.5. The predicted molar refractivity (Wildman–Crippen MR) is 149 cm³/mol. The van der Waals surface area contributed by atoms with E-state index in [1.165, 1.54) is 12.1 Å². The Morgan fingerprint density at radius 1 is 0.605 bits per heavy atom. The summed E-state index contributed by atoms with van der Waals surface area (Å²) in [6.45, 7) is 12.8. The number of fused-ring (bicyclic) bond motifs is 7. The number of benzene rings is 3. The fourth-order valence-corrected chi connectivity index (χ4v) is 5.17. The van der Waals surface area contributed by atoms with E-state index in [2.05, 4.69) is 53.7 Å². The lowest BCUT2D eigenvalue weighted by Gasteiger charge is -2.28. The van der Waals surface area contributed by atoms with Crippen molar-refractivity contribution in [3.8, 4) is 33.8 Å². The van der Waals surface area contributed by atoms with E-state index in [0.717, 1.165) is 33.4 Å². The van der Waals surface area contributed by atoms with Crippen LogP contribution in [0.25, 0.3) is 22.3 Å². The summed E-state index contributed by atoms with van der Waals surface area (Å²) in [6, 6.07) is 11.3. The number of carbonyl (C=O) groups is 2. The number of ether oxygens (including phenoxy) is 2. The van der Waals surface area contributed by atoms with E-state index in [1.54, 1.807) is 14.2 Å². The summed E-state index contributed by atoms with van der Waals surface area (Å²) in [5.41, 5.74) is 5.92. The molecule has 0 radical (unpaired) electrons. The molecule has 3 aromatic rings. The largest absolute Gasteiger partial charge is 0.496 e. The van der Waals surface area contributed by atoms with E-state index < -0.39 is 11.9 Å². The molecule has 6 heteroatoms. The lowest BCUT2D eigenvalue weighted by molar-refractivity contribution is 0.0651. The SMILES string of the molecule is COc1c2cc(C(C)(C)C)cc1-c1cc(C(=O)O)c(C(=O)O)cc1-c1cc(C(C)(C)C)cc(c1OC)CC2. The number of carboxylic acid groups (broad SMARTS) is 2. The average molecular weight is 517 g/mol. The van der Waals surface area contributed by atoms with Gasteiger partial charge in [0.25, 0.3) is 0 Å². The maximum atomic E-state index is 12.3.